The average Bonchev–Trinajstić information content (AvgIpc) is 3.68. The summed E-state index contributed by atoms with van der Waals surface area (Å²) in [4.78, 5) is 19.5. The summed E-state index contributed by atoms with van der Waals surface area (Å²) >= 11 is 1.60. The van der Waals surface area contributed by atoms with Crippen LogP contribution in [0.4, 0.5) is 5.69 Å². The maximum atomic E-state index is 13.2. The van der Waals surface area contributed by atoms with Crippen LogP contribution in [0.3, 0.4) is 0 Å². The normalized spacial score (nSPS) is 15.0. The molecule has 1 fully saturated rings. The van der Waals surface area contributed by atoms with Crippen LogP contribution in [0.15, 0.2) is 59.5 Å². The Morgan fingerprint density at radius 1 is 1.13 bits per heavy atom. The van der Waals surface area contributed by atoms with Gasteiger partial charge in [-0.3, -0.25) is 4.79 Å². The van der Waals surface area contributed by atoms with Crippen molar-refractivity contribution in [3.63, 3.8) is 0 Å². The van der Waals surface area contributed by atoms with Crippen molar-refractivity contribution in [1.29, 1.82) is 0 Å². The molecule has 8 nitrogen and oxygen atoms in total. The number of carbonyl (C=O) groups excluding carboxylic acids is 1. The summed E-state index contributed by atoms with van der Waals surface area (Å²) in [7, 11) is 1.64. The van der Waals surface area contributed by atoms with Crippen molar-refractivity contribution < 1.29 is 9.53 Å². The Balaban J connectivity index is 1.13. The predicted octanol–water partition coefficient (Wildman–Crippen LogP) is 5.43. The maximum Gasteiger partial charge on any atom is 0.251 e. The van der Waals surface area contributed by atoms with Crippen molar-refractivity contribution in [2.45, 2.75) is 51.0 Å². The minimum Gasteiger partial charge on any atom is -0.497 e. The number of nitrogens with one attached hydrogen (secondary N) is 1. The number of ether oxygens (including phenoxy) is 1. The van der Waals surface area contributed by atoms with Gasteiger partial charge in [0.25, 0.3) is 5.91 Å². The van der Waals surface area contributed by atoms with Crippen molar-refractivity contribution in [1.82, 2.24) is 25.2 Å². The molecule has 1 N–H and O–H groups in total. The van der Waals surface area contributed by atoms with Crippen molar-refractivity contribution in [3.8, 4) is 17.6 Å². The first-order valence-corrected chi connectivity index (χ1v) is 14.0. The van der Waals surface area contributed by atoms with E-state index in [0.717, 1.165) is 40.3 Å². The third-order valence-electron chi connectivity index (χ3n) is 7.18. The quantitative estimate of drug-likeness (QED) is 0.317. The summed E-state index contributed by atoms with van der Waals surface area (Å²) in [5, 5.41) is 19.0. The minimum atomic E-state index is -0.135. The van der Waals surface area contributed by atoms with Gasteiger partial charge >= 0.3 is 0 Å². The van der Waals surface area contributed by atoms with E-state index in [1.807, 2.05) is 48.5 Å². The second-order valence-electron chi connectivity index (χ2n) is 9.79. The number of benzene rings is 2. The van der Waals surface area contributed by atoms with Crippen LogP contribution in [0.5, 0.6) is 5.75 Å². The van der Waals surface area contributed by atoms with Gasteiger partial charge in [0, 0.05) is 33.7 Å². The lowest BCUT2D eigenvalue weighted by Crippen LogP contribution is -2.14. The number of nitrogens with zero attached hydrogens (tertiary/aromatic N) is 5. The van der Waals surface area contributed by atoms with Crippen LogP contribution in [0, 0.1) is 11.8 Å². The predicted molar refractivity (Wildman–Crippen MR) is 150 cm³/mol. The summed E-state index contributed by atoms with van der Waals surface area (Å²) in [6.07, 6.45) is 6.07. The Hall–Kier alpha value is -4.29. The van der Waals surface area contributed by atoms with E-state index in [-0.39, 0.29) is 5.91 Å². The number of amides is 1. The lowest BCUT2D eigenvalue weighted by atomic mass is 9.83. The first-order valence-electron chi connectivity index (χ1n) is 13.2. The standard InChI is InChI=1S/C30H28N6O2S/c1-38-24-14-11-21(12-15-24)18-36-34-29(33-35-36)25-9-4-10-26(25)30(37)31-23-8-2-5-20(17-23)13-16-28-32-27(19-39-28)22-6-3-7-22/h2,5,8,11-12,14-15,17,19,22H,3-4,6-7,9-10,18H2,1H3,(H,31,37). The van der Waals surface area contributed by atoms with Gasteiger partial charge in [0.1, 0.15) is 5.75 Å². The topological polar surface area (TPSA) is 94.8 Å². The Kier molecular flexibility index (Phi) is 7.19. The highest BCUT2D eigenvalue weighted by Gasteiger charge is 2.25. The highest BCUT2D eigenvalue weighted by atomic mass is 32.1. The molecule has 9 heteroatoms. The lowest BCUT2D eigenvalue weighted by Gasteiger charge is -2.22. The number of carbonyl (C=O) groups is 1. The van der Waals surface area contributed by atoms with Gasteiger partial charge in [-0.25, -0.2) is 4.98 Å². The maximum absolute atomic E-state index is 13.2. The van der Waals surface area contributed by atoms with Gasteiger partial charge in [-0.15, -0.1) is 21.5 Å². The Morgan fingerprint density at radius 2 is 2.00 bits per heavy atom. The van der Waals surface area contributed by atoms with Crippen molar-refractivity contribution in [2.24, 2.45) is 0 Å². The van der Waals surface area contributed by atoms with E-state index in [9.17, 15) is 4.79 Å². The van der Waals surface area contributed by atoms with Gasteiger partial charge in [-0.05, 0) is 79.1 Å². The van der Waals surface area contributed by atoms with Crippen LogP contribution in [-0.4, -0.2) is 38.2 Å². The molecule has 2 aliphatic rings. The van der Waals surface area contributed by atoms with Crippen LogP contribution in [0.2, 0.25) is 0 Å². The number of allylic oxidation sites excluding steroid dienone is 1. The van der Waals surface area contributed by atoms with Gasteiger partial charge in [0.15, 0.2) is 5.01 Å². The van der Waals surface area contributed by atoms with E-state index in [1.165, 1.54) is 25.0 Å². The summed E-state index contributed by atoms with van der Waals surface area (Å²) in [5.41, 5.74) is 5.31. The molecule has 1 saturated carbocycles. The second-order valence-corrected chi connectivity index (χ2v) is 10.7. The number of tetrazole rings is 1. The Morgan fingerprint density at radius 3 is 2.79 bits per heavy atom. The SMILES string of the molecule is COc1ccc(Cn2nnc(C3=C(C(=O)Nc4cccc(C#Cc5nc(C6CCC6)cs5)c4)CCC3)n2)cc1. The molecule has 2 aliphatic carbocycles. The summed E-state index contributed by atoms with van der Waals surface area (Å²) in [6.45, 7) is 0.489. The molecule has 0 radical (unpaired) electrons. The second kappa shape index (κ2) is 11.2. The summed E-state index contributed by atoms with van der Waals surface area (Å²) < 4.78 is 5.21. The molecule has 2 aromatic heterocycles. The zero-order chi connectivity index (χ0) is 26.6. The Bertz CT molecular complexity index is 1590. The monoisotopic (exact) mass is 536 g/mol. The molecule has 2 heterocycles. The van der Waals surface area contributed by atoms with Crippen LogP contribution >= 0.6 is 11.3 Å². The molecule has 6 rings (SSSR count). The number of anilines is 1. The van der Waals surface area contributed by atoms with E-state index < -0.39 is 0 Å². The number of rotatable bonds is 7. The zero-order valence-electron chi connectivity index (χ0n) is 21.7. The number of aromatic nitrogens is 5. The molecule has 0 aliphatic heterocycles. The molecule has 0 saturated heterocycles. The molecule has 0 spiro atoms. The number of hydrogen-bond acceptors (Lipinski definition) is 7. The molecule has 196 valence electrons. The molecule has 1 amide bonds. The van der Waals surface area contributed by atoms with Crippen molar-refractivity contribution >= 4 is 28.5 Å². The van der Waals surface area contributed by atoms with Crippen LogP contribution in [0.1, 0.15) is 72.1 Å². The smallest absolute Gasteiger partial charge is 0.251 e. The molecule has 0 atom stereocenters. The van der Waals surface area contributed by atoms with E-state index in [0.29, 0.717) is 36.0 Å². The number of thiazole rings is 1. The van der Waals surface area contributed by atoms with Gasteiger partial charge < -0.3 is 10.1 Å². The van der Waals surface area contributed by atoms with E-state index in [1.54, 1.807) is 23.2 Å². The molecular weight excluding hydrogens is 508 g/mol. The fourth-order valence-corrected chi connectivity index (χ4v) is 5.55. The summed E-state index contributed by atoms with van der Waals surface area (Å²) in [5.74, 6) is 8.15. The molecule has 0 bridgehead atoms. The van der Waals surface area contributed by atoms with E-state index >= 15 is 0 Å². The molecule has 4 aromatic rings. The molecule has 2 aromatic carbocycles. The lowest BCUT2D eigenvalue weighted by molar-refractivity contribution is -0.112. The van der Waals surface area contributed by atoms with Gasteiger partial charge in [0.05, 0.1) is 19.3 Å². The molecular formula is C30H28N6O2S. The van der Waals surface area contributed by atoms with Gasteiger partial charge in [-0.1, -0.05) is 30.5 Å². The minimum absolute atomic E-state index is 0.135. The van der Waals surface area contributed by atoms with Gasteiger partial charge in [0.2, 0.25) is 5.82 Å². The van der Waals surface area contributed by atoms with Crippen LogP contribution in [0.25, 0.3) is 5.57 Å². The Labute approximate surface area is 231 Å². The van der Waals surface area contributed by atoms with Crippen molar-refractivity contribution in [3.05, 3.63) is 87.1 Å². The number of methoxy groups -OCH3 is 1. The third kappa shape index (κ3) is 5.76. The summed E-state index contributed by atoms with van der Waals surface area (Å²) in [6, 6.07) is 15.4. The first kappa shape index (κ1) is 25.0. The zero-order valence-corrected chi connectivity index (χ0v) is 22.5. The largest absolute Gasteiger partial charge is 0.497 e. The molecule has 39 heavy (non-hydrogen) atoms. The molecule has 0 unspecified atom stereocenters. The first-order chi connectivity index (χ1) is 19.1. The highest BCUT2D eigenvalue weighted by molar-refractivity contribution is 7.10. The van der Waals surface area contributed by atoms with Gasteiger partial charge in [-0.2, -0.15) is 4.80 Å². The van der Waals surface area contributed by atoms with Crippen LogP contribution < -0.4 is 10.1 Å². The fraction of sp³-hybridized carbons (Fsp3) is 0.300. The average molecular weight is 537 g/mol. The van der Waals surface area contributed by atoms with Crippen LogP contribution in [-0.2, 0) is 11.3 Å². The van der Waals surface area contributed by atoms with E-state index in [2.05, 4.69) is 42.9 Å². The van der Waals surface area contributed by atoms with E-state index in [4.69, 9.17) is 4.74 Å². The fourth-order valence-electron chi connectivity index (χ4n) is 4.81. The third-order valence-corrected chi connectivity index (χ3v) is 7.95. The highest BCUT2D eigenvalue weighted by Crippen LogP contribution is 2.36. The number of hydrogen-bond donors (Lipinski definition) is 1. The van der Waals surface area contributed by atoms with Crippen molar-refractivity contribution in [2.75, 3.05) is 12.4 Å².